The summed E-state index contributed by atoms with van der Waals surface area (Å²) in [6, 6.07) is 17.8. The SMILES string of the molecule is O=C(c1cccc(-n2cccn2)c1)N1CCN(c2nc3ccccc3o2)CC1. The zero-order valence-corrected chi connectivity index (χ0v) is 15.2. The minimum Gasteiger partial charge on any atom is -0.423 e. The van der Waals surface area contributed by atoms with E-state index in [0.29, 0.717) is 37.8 Å². The van der Waals surface area contributed by atoms with E-state index >= 15 is 0 Å². The second-order valence-corrected chi connectivity index (χ2v) is 6.74. The van der Waals surface area contributed by atoms with Crippen molar-refractivity contribution in [3.8, 4) is 5.69 Å². The second kappa shape index (κ2) is 6.84. The Balaban J connectivity index is 1.29. The van der Waals surface area contributed by atoms with Crippen LogP contribution < -0.4 is 4.90 Å². The van der Waals surface area contributed by atoms with E-state index in [1.807, 2.05) is 65.7 Å². The number of amides is 1. The van der Waals surface area contributed by atoms with Crippen LogP contribution in [0.3, 0.4) is 0 Å². The van der Waals surface area contributed by atoms with Crippen molar-refractivity contribution in [2.24, 2.45) is 0 Å². The molecule has 7 heteroatoms. The fourth-order valence-corrected chi connectivity index (χ4v) is 3.48. The monoisotopic (exact) mass is 373 g/mol. The lowest BCUT2D eigenvalue weighted by Gasteiger charge is -2.33. The van der Waals surface area contributed by atoms with Gasteiger partial charge in [0.1, 0.15) is 5.52 Å². The summed E-state index contributed by atoms with van der Waals surface area (Å²) in [5.41, 5.74) is 3.18. The van der Waals surface area contributed by atoms with Gasteiger partial charge in [0, 0.05) is 44.1 Å². The molecule has 5 rings (SSSR count). The van der Waals surface area contributed by atoms with Crippen LogP contribution in [0.4, 0.5) is 6.01 Å². The molecule has 0 unspecified atom stereocenters. The Morgan fingerprint density at radius 3 is 2.61 bits per heavy atom. The molecule has 1 aliphatic heterocycles. The summed E-state index contributed by atoms with van der Waals surface area (Å²) >= 11 is 0. The first-order valence-electron chi connectivity index (χ1n) is 9.28. The first-order valence-corrected chi connectivity index (χ1v) is 9.28. The van der Waals surface area contributed by atoms with E-state index in [1.165, 1.54) is 0 Å². The number of piperazine rings is 1. The maximum absolute atomic E-state index is 12.9. The number of carbonyl (C=O) groups excluding carboxylic acids is 1. The molecular formula is C21H19N5O2. The third kappa shape index (κ3) is 3.00. The fourth-order valence-electron chi connectivity index (χ4n) is 3.48. The van der Waals surface area contributed by atoms with Crippen molar-refractivity contribution in [3.63, 3.8) is 0 Å². The largest absolute Gasteiger partial charge is 0.423 e. The molecule has 7 nitrogen and oxygen atoms in total. The molecular weight excluding hydrogens is 354 g/mol. The average molecular weight is 373 g/mol. The molecule has 1 fully saturated rings. The van der Waals surface area contributed by atoms with Gasteiger partial charge in [0.25, 0.3) is 11.9 Å². The van der Waals surface area contributed by atoms with Crippen molar-refractivity contribution >= 4 is 23.0 Å². The number of nitrogens with zero attached hydrogens (tertiary/aromatic N) is 5. The smallest absolute Gasteiger partial charge is 0.298 e. The lowest BCUT2D eigenvalue weighted by Crippen LogP contribution is -2.48. The number of hydrogen-bond donors (Lipinski definition) is 0. The lowest BCUT2D eigenvalue weighted by atomic mass is 10.1. The van der Waals surface area contributed by atoms with Crippen molar-refractivity contribution in [1.29, 1.82) is 0 Å². The number of anilines is 1. The van der Waals surface area contributed by atoms with E-state index < -0.39 is 0 Å². The van der Waals surface area contributed by atoms with Gasteiger partial charge in [-0.2, -0.15) is 10.1 Å². The van der Waals surface area contributed by atoms with Gasteiger partial charge >= 0.3 is 0 Å². The highest BCUT2D eigenvalue weighted by atomic mass is 16.4. The predicted molar refractivity (Wildman–Crippen MR) is 106 cm³/mol. The van der Waals surface area contributed by atoms with Gasteiger partial charge in [-0.05, 0) is 36.4 Å². The molecule has 0 radical (unpaired) electrons. The molecule has 4 aromatic rings. The molecule has 140 valence electrons. The summed E-state index contributed by atoms with van der Waals surface area (Å²) < 4.78 is 7.60. The fraction of sp³-hybridized carbons (Fsp3) is 0.190. The molecule has 2 aromatic heterocycles. The molecule has 0 N–H and O–H groups in total. The van der Waals surface area contributed by atoms with E-state index in [-0.39, 0.29) is 5.91 Å². The van der Waals surface area contributed by atoms with E-state index in [1.54, 1.807) is 10.9 Å². The molecule has 0 spiro atoms. The average Bonchev–Trinajstić information content (AvgIpc) is 3.43. The Kier molecular flexibility index (Phi) is 4.05. The number of rotatable bonds is 3. The molecule has 0 bridgehead atoms. The maximum Gasteiger partial charge on any atom is 0.298 e. The van der Waals surface area contributed by atoms with E-state index in [0.717, 1.165) is 16.8 Å². The van der Waals surface area contributed by atoms with Gasteiger partial charge in [-0.15, -0.1) is 0 Å². The van der Waals surface area contributed by atoms with E-state index in [4.69, 9.17) is 4.42 Å². The number of oxazole rings is 1. The zero-order chi connectivity index (χ0) is 18.9. The highest BCUT2D eigenvalue weighted by Gasteiger charge is 2.25. The van der Waals surface area contributed by atoms with Crippen LogP contribution in [0.1, 0.15) is 10.4 Å². The topological polar surface area (TPSA) is 67.4 Å². The first kappa shape index (κ1) is 16.6. The molecule has 1 aliphatic rings. The zero-order valence-electron chi connectivity index (χ0n) is 15.2. The molecule has 28 heavy (non-hydrogen) atoms. The number of para-hydroxylation sites is 2. The summed E-state index contributed by atoms with van der Waals surface area (Å²) in [5, 5.41) is 4.23. The maximum atomic E-state index is 12.9. The van der Waals surface area contributed by atoms with Crippen LogP contribution in [-0.4, -0.2) is 51.8 Å². The van der Waals surface area contributed by atoms with Crippen molar-refractivity contribution < 1.29 is 9.21 Å². The number of benzene rings is 2. The third-order valence-corrected chi connectivity index (χ3v) is 4.98. The van der Waals surface area contributed by atoms with Crippen LogP contribution in [0, 0.1) is 0 Å². The van der Waals surface area contributed by atoms with Crippen LogP contribution >= 0.6 is 0 Å². The summed E-state index contributed by atoms with van der Waals surface area (Å²) in [6.45, 7) is 2.64. The normalized spacial score (nSPS) is 14.6. The highest BCUT2D eigenvalue weighted by Crippen LogP contribution is 2.23. The van der Waals surface area contributed by atoms with Crippen LogP contribution in [0.5, 0.6) is 0 Å². The lowest BCUT2D eigenvalue weighted by molar-refractivity contribution is 0.0745. The molecule has 2 aromatic carbocycles. The van der Waals surface area contributed by atoms with Crippen LogP contribution in [-0.2, 0) is 0 Å². The van der Waals surface area contributed by atoms with Crippen LogP contribution in [0.15, 0.2) is 71.4 Å². The van der Waals surface area contributed by atoms with Crippen LogP contribution in [0.2, 0.25) is 0 Å². The number of aromatic nitrogens is 3. The Labute approximate surface area is 161 Å². The van der Waals surface area contributed by atoms with Crippen LogP contribution in [0.25, 0.3) is 16.8 Å². The second-order valence-electron chi connectivity index (χ2n) is 6.74. The number of carbonyl (C=O) groups is 1. The van der Waals surface area contributed by atoms with Gasteiger partial charge in [0.2, 0.25) is 0 Å². The Morgan fingerprint density at radius 1 is 0.964 bits per heavy atom. The van der Waals surface area contributed by atoms with Crippen molar-refractivity contribution in [3.05, 3.63) is 72.6 Å². The minimum atomic E-state index is 0.0335. The molecule has 1 amide bonds. The Morgan fingerprint density at radius 2 is 1.82 bits per heavy atom. The summed E-state index contributed by atoms with van der Waals surface area (Å²) in [7, 11) is 0. The quantitative estimate of drug-likeness (QED) is 0.552. The molecule has 0 saturated carbocycles. The van der Waals surface area contributed by atoms with Gasteiger partial charge < -0.3 is 14.2 Å². The van der Waals surface area contributed by atoms with E-state index in [2.05, 4.69) is 15.0 Å². The molecule has 0 atom stereocenters. The summed E-state index contributed by atoms with van der Waals surface area (Å²) in [6.07, 6.45) is 3.59. The summed E-state index contributed by atoms with van der Waals surface area (Å²) in [4.78, 5) is 21.5. The van der Waals surface area contributed by atoms with Crippen molar-refractivity contribution in [2.45, 2.75) is 0 Å². The summed E-state index contributed by atoms with van der Waals surface area (Å²) in [5.74, 6) is 0.0335. The highest BCUT2D eigenvalue weighted by molar-refractivity contribution is 5.95. The Hall–Kier alpha value is -3.61. The number of hydrogen-bond acceptors (Lipinski definition) is 5. The van der Waals surface area contributed by atoms with Crippen molar-refractivity contribution in [2.75, 3.05) is 31.1 Å². The van der Waals surface area contributed by atoms with Gasteiger partial charge in [-0.25, -0.2) is 4.68 Å². The Bertz CT molecular complexity index is 1080. The predicted octanol–water partition coefficient (Wildman–Crippen LogP) is 2.98. The van der Waals surface area contributed by atoms with Gasteiger partial charge in [0.05, 0.1) is 5.69 Å². The van der Waals surface area contributed by atoms with Gasteiger partial charge in [-0.1, -0.05) is 18.2 Å². The number of fused-ring (bicyclic) bond motifs is 1. The minimum absolute atomic E-state index is 0.0335. The van der Waals surface area contributed by atoms with Gasteiger partial charge in [0.15, 0.2) is 5.58 Å². The van der Waals surface area contributed by atoms with Gasteiger partial charge in [-0.3, -0.25) is 4.79 Å². The third-order valence-electron chi connectivity index (χ3n) is 4.98. The first-order chi connectivity index (χ1) is 13.8. The standard InChI is InChI=1S/C21H19N5O2/c27-20(16-5-3-6-17(15-16)26-10-4-9-22-26)24-11-13-25(14-12-24)21-23-18-7-1-2-8-19(18)28-21/h1-10,15H,11-14H2. The molecule has 1 saturated heterocycles. The molecule has 3 heterocycles. The molecule has 0 aliphatic carbocycles. The van der Waals surface area contributed by atoms with E-state index in [9.17, 15) is 4.79 Å². The van der Waals surface area contributed by atoms with Crippen molar-refractivity contribution in [1.82, 2.24) is 19.7 Å².